The number of carbonyl (C=O) groups is 4. The van der Waals surface area contributed by atoms with Gasteiger partial charge in [-0.3, -0.25) is 24.6 Å². The second kappa shape index (κ2) is 9.70. The van der Waals surface area contributed by atoms with Crippen LogP contribution in [0, 0.1) is 0 Å². The van der Waals surface area contributed by atoms with Crippen LogP contribution in [0.2, 0.25) is 0 Å². The van der Waals surface area contributed by atoms with E-state index in [-0.39, 0.29) is 29.3 Å². The Morgan fingerprint density at radius 3 is 2.21 bits per heavy atom. The quantitative estimate of drug-likeness (QED) is 0.404. The molecule has 0 fully saturated rings. The van der Waals surface area contributed by atoms with Crippen molar-refractivity contribution >= 4 is 29.6 Å². The molecule has 0 unspecified atom stereocenters. The molecule has 1 N–H and O–H groups in total. The van der Waals surface area contributed by atoms with E-state index in [1.165, 1.54) is 12.1 Å². The Morgan fingerprint density at radius 2 is 1.62 bits per heavy atom. The monoisotopic (exact) mass is 461 g/mol. The fourth-order valence-corrected chi connectivity index (χ4v) is 3.63. The summed E-state index contributed by atoms with van der Waals surface area (Å²) in [6.07, 6.45) is 0.0482. The largest absolute Gasteiger partial charge is 0.454 e. The normalized spacial score (nSPS) is 13.7. The number of carbonyl (C=O) groups excluding carboxylic acids is 4. The molecule has 9 heteroatoms. The molecule has 0 aliphatic carbocycles. The number of nitrogens with one attached hydrogen (secondary N) is 1. The minimum Gasteiger partial charge on any atom is -0.454 e. The molecule has 0 saturated heterocycles. The lowest BCUT2D eigenvalue weighted by atomic mass is 10.0. The van der Waals surface area contributed by atoms with Gasteiger partial charge < -0.3 is 9.26 Å². The molecule has 1 aliphatic heterocycles. The zero-order valence-electron chi connectivity index (χ0n) is 18.7. The van der Waals surface area contributed by atoms with Gasteiger partial charge in [-0.2, -0.15) is 0 Å². The molecule has 3 amide bonds. The third-order valence-electron chi connectivity index (χ3n) is 5.41. The molecule has 0 saturated carbocycles. The van der Waals surface area contributed by atoms with Crippen molar-refractivity contribution in [1.29, 1.82) is 0 Å². The molecule has 4 rings (SSSR count). The van der Waals surface area contributed by atoms with E-state index < -0.39 is 36.3 Å². The Hall–Kier alpha value is -4.27. The van der Waals surface area contributed by atoms with Crippen LogP contribution in [0.15, 0.2) is 65.2 Å². The molecule has 174 valence electrons. The van der Waals surface area contributed by atoms with Crippen molar-refractivity contribution < 1.29 is 28.4 Å². The zero-order valence-corrected chi connectivity index (χ0v) is 18.7. The second-order valence-corrected chi connectivity index (χ2v) is 8.16. The molecule has 0 spiro atoms. The van der Waals surface area contributed by atoms with Crippen molar-refractivity contribution in [3.8, 4) is 0 Å². The van der Waals surface area contributed by atoms with E-state index in [2.05, 4.69) is 10.5 Å². The fraction of sp³-hybridized carbons (Fsp3) is 0.240. The van der Waals surface area contributed by atoms with Crippen molar-refractivity contribution in [1.82, 2.24) is 10.1 Å². The molecule has 1 aromatic heterocycles. The third-order valence-corrected chi connectivity index (χ3v) is 5.41. The van der Waals surface area contributed by atoms with E-state index in [1.54, 1.807) is 42.5 Å². The first-order valence-electron chi connectivity index (χ1n) is 10.8. The summed E-state index contributed by atoms with van der Waals surface area (Å²) in [6, 6.07) is 15.7. The molecule has 34 heavy (non-hydrogen) atoms. The van der Waals surface area contributed by atoms with Crippen molar-refractivity contribution in [3.63, 3.8) is 0 Å². The molecule has 1 aliphatic rings. The molecule has 2 heterocycles. The van der Waals surface area contributed by atoms with E-state index in [9.17, 15) is 19.2 Å². The number of imide groups is 1. The Bertz CT molecular complexity index is 1200. The van der Waals surface area contributed by atoms with Gasteiger partial charge in [0.2, 0.25) is 5.88 Å². The van der Waals surface area contributed by atoms with Gasteiger partial charge in [0, 0.05) is 12.5 Å². The number of amides is 3. The Morgan fingerprint density at radius 1 is 1.00 bits per heavy atom. The number of hydrogen-bond donors (Lipinski definition) is 1. The Labute approximate surface area is 195 Å². The molecule has 9 nitrogen and oxygen atoms in total. The van der Waals surface area contributed by atoms with Crippen molar-refractivity contribution in [2.24, 2.45) is 0 Å². The Balaban J connectivity index is 1.49. The first-order valence-corrected chi connectivity index (χ1v) is 10.8. The first kappa shape index (κ1) is 22.9. The number of ether oxygens (including phenoxy) is 1. The number of nitrogens with zero attached hydrogens (tertiary/aromatic N) is 2. The highest BCUT2D eigenvalue weighted by molar-refractivity contribution is 6.22. The van der Waals surface area contributed by atoms with Gasteiger partial charge in [0.05, 0.1) is 16.8 Å². The van der Waals surface area contributed by atoms with E-state index in [1.807, 2.05) is 19.9 Å². The van der Waals surface area contributed by atoms with Crippen LogP contribution in [0.4, 0.5) is 5.88 Å². The van der Waals surface area contributed by atoms with Crippen LogP contribution >= 0.6 is 0 Å². The molecule has 0 radical (unpaired) electrons. The molecule has 3 aromatic rings. The van der Waals surface area contributed by atoms with Gasteiger partial charge in [-0.1, -0.05) is 61.5 Å². The first-order chi connectivity index (χ1) is 16.3. The highest BCUT2D eigenvalue weighted by atomic mass is 16.5. The number of esters is 1. The van der Waals surface area contributed by atoms with Crippen LogP contribution in [0.3, 0.4) is 0 Å². The van der Waals surface area contributed by atoms with Crippen LogP contribution in [-0.2, 0) is 20.7 Å². The number of aromatic nitrogens is 1. The van der Waals surface area contributed by atoms with Gasteiger partial charge in [0.25, 0.3) is 17.7 Å². The topological polar surface area (TPSA) is 119 Å². The minimum absolute atomic E-state index is 0.0482. The maximum absolute atomic E-state index is 13.0. The molecule has 2 aromatic carbocycles. The fourth-order valence-electron chi connectivity index (χ4n) is 3.63. The highest BCUT2D eigenvalue weighted by Crippen LogP contribution is 2.26. The SMILES string of the molecule is CC(C)c1cc(NC(=O)COC(=O)[C@@H](Cc2ccccc2)N2C(=O)c3ccccc3C2=O)on1. The molecular weight excluding hydrogens is 438 g/mol. The number of benzene rings is 2. The lowest BCUT2D eigenvalue weighted by Crippen LogP contribution is -2.47. The van der Waals surface area contributed by atoms with Gasteiger partial charge in [-0.25, -0.2) is 4.79 Å². The van der Waals surface area contributed by atoms with Gasteiger partial charge in [0.1, 0.15) is 6.04 Å². The molecular formula is C25H23N3O6. The number of rotatable bonds is 8. The van der Waals surface area contributed by atoms with Crippen LogP contribution < -0.4 is 5.32 Å². The average Bonchev–Trinajstić information content (AvgIpc) is 3.40. The lowest BCUT2D eigenvalue weighted by Gasteiger charge is -2.24. The molecule has 1 atom stereocenters. The van der Waals surface area contributed by atoms with Crippen LogP contribution in [0.25, 0.3) is 0 Å². The third kappa shape index (κ3) is 4.73. The van der Waals surface area contributed by atoms with E-state index >= 15 is 0 Å². The van der Waals surface area contributed by atoms with Crippen molar-refractivity contribution in [2.45, 2.75) is 32.2 Å². The summed E-state index contributed by atoms with van der Waals surface area (Å²) in [6.45, 7) is 3.24. The van der Waals surface area contributed by atoms with E-state index in [0.29, 0.717) is 5.69 Å². The summed E-state index contributed by atoms with van der Waals surface area (Å²) in [5, 5.41) is 6.32. The summed E-state index contributed by atoms with van der Waals surface area (Å²) in [4.78, 5) is 52.2. The van der Waals surface area contributed by atoms with Gasteiger partial charge >= 0.3 is 5.97 Å². The summed E-state index contributed by atoms with van der Waals surface area (Å²) < 4.78 is 10.3. The number of hydrogen-bond acceptors (Lipinski definition) is 7. The van der Waals surface area contributed by atoms with Crippen LogP contribution in [-0.4, -0.2) is 46.4 Å². The lowest BCUT2D eigenvalue weighted by molar-refractivity contribution is -0.151. The zero-order chi connectivity index (χ0) is 24.2. The van der Waals surface area contributed by atoms with Crippen molar-refractivity contribution in [3.05, 3.63) is 83.0 Å². The molecule has 0 bridgehead atoms. The average molecular weight is 461 g/mol. The highest BCUT2D eigenvalue weighted by Gasteiger charge is 2.43. The standard InChI is InChI=1S/C25H23N3O6/c1-15(2)19-13-22(34-27-19)26-21(29)14-33-25(32)20(12-16-8-4-3-5-9-16)28-23(30)17-10-6-7-11-18(17)24(28)31/h3-11,13,15,20H,12,14H2,1-2H3,(H,26,29)/t20-/m1/s1. The summed E-state index contributed by atoms with van der Waals surface area (Å²) >= 11 is 0. The van der Waals surface area contributed by atoms with Gasteiger partial charge in [-0.05, 0) is 23.6 Å². The minimum atomic E-state index is -1.24. The van der Waals surface area contributed by atoms with Crippen LogP contribution in [0.5, 0.6) is 0 Å². The maximum atomic E-state index is 13.0. The number of anilines is 1. The number of fused-ring (bicyclic) bond motifs is 1. The van der Waals surface area contributed by atoms with Gasteiger partial charge in [-0.15, -0.1) is 0 Å². The predicted molar refractivity (Wildman–Crippen MR) is 121 cm³/mol. The maximum Gasteiger partial charge on any atom is 0.330 e. The summed E-state index contributed by atoms with van der Waals surface area (Å²) in [5.74, 6) is -2.41. The smallest absolute Gasteiger partial charge is 0.330 e. The predicted octanol–water partition coefficient (Wildman–Crippen LogP) is 3.19. The van der Waals surface area contributed by atoms with Crippen molar-refractivity contribution in [2.75, 3.05) is 11.9 Å². The Kier molecular flexibility index (Phi) is 6.53. The summed E-state index contributed by atoms with van der Waals surface area (Å²) in [5.41, 5.74) is 1.85. The van der Waals surface area contributed by atoms with Gasteiger partial charge in [0.15, 0.2) is 6.61 Å². The summed E-state index contributed by atoms with van der Waals surface area (Å²) in [7, 11) is 0. The van der Waals surface area contributed by atoms with E-state index in [0.717, 1.165) is 10.5 Å². The van der Waals surface area contributed by atoms with E-state index in [4.69, 9.17) is 9.26 Å². The van der Waals surface area contributed by atoms with Crippen LogP contribution in [0.1, 0.15) is 51.7 Å². The second-order valence-electron chi connectivity index (χ2n) is 8.16.